The van der Waals surface area contributed by atoms with Crippen molar-refractivity contribution in [3.63, 3.8) is 0 Å². The molecule has 2 heterocycles. The number of aliphatic hydroxyl groups excluding tert-OH is 1. The third kappa shape index (κ3) is 13.3. The highest BCUT2D eigenvalue weighted by Crippen LogP contribution is 2.26. The molecule has 13 nitrogen and oxygen atoms in total. The number of rotatable bonds is 18. The monoisotopic (exact) mass is 757 g/mol. The Bertz CT molecular complexity index is 1510. The SMILES string of the molecule is CC[C@H](C)[C@@H](C(=O)N[C@@H](Cc1ccccc1)[C@@H](O)CN(CCC(C)(C)C)NC(=O)[C@@H](NC(=O)O)C(C)(C)C)N1CCN(Cc2csc(C(C)C)n2)C1=O. The van der Waals surface area contributed by atoms with Gasteiger partial charge in [-0.2, -0.15) is 0 Å². The third-order valence-corrected chi connectivity index (χ3v) is 10.8. The molecule has 5 N–H and O–H groups in total. The molecule has 0 unspecified atom stereocenters. The summed E-state index contributed by atoms with van der Waals surface area (Å²) in [6.07, 6.45) is -0.848. The molecule has 1 aromatic heterocycles. The number of benzene rings is 1. The number of hydrogen-bond acceptors (Lipinski definition) is 8. The van der Waals surface area contributed by atoms with Gasteiger partial charge in [-0.1, -0.05) is 106 Å². The molecule has 1 aliphatic heterocycles. The van der Waals surface area contributed by atoms with Gasteiger partial charge in [-0.3, -0.25) is 15.0 Å². The Morgan fingerprint density at radius 3 is 2.21 bits per heavy atom. The smallest absolute Gasteiger partial charge is 0.405 e. The maximum Gasteiger partial charge on any atom is 0.405 e. The fraction of sp³-hybridized carbons (Fsp3) is 0.667. The Morgan fingerprint density at radius 2 is 1.66 bits per heavy atom. The fourth-order valence-corrected chi connectivity index (χ4v) is 7.07. The lowest BCUT2D eigenvalue weighted by molar-refractivity contribution is -0.132. The number of carbonyl (C=O) groups excluding carboxylic acids is 3. The predicted molar refractivity (Wildman–Crippen MR) is 208 cm³/mol. The quantitative estimate of drug-likeness (QED) is 0.125. The molecule has 3 rings (SSSR count). The number of nitrogens with zero attached hydrogens (tertiary/aromatic N) is 4. The first-order valence-electron chi connectivity index (χ1n) is 18.8. The van der Waals surface area contributed by atoms with Crippen LogP contribution >= 0.6 is 11.3 Å². The van der Waals surface area contributed by atoms with Crippen LogP contribution in [0.25, 0.3) is 0 Å². The van der Waals surface area contributed by atoms with Crippen molar-refractivity contribution >= 4 is 35.3 Å². The maximum atomic E-state index is 14.4. The van der Waals surface area contributed by atoms with Crippen molar-refractivity contribution in [3.05, 3.63) is 52.0 Å². The summed E-state index contributed by atoms with van der Waals surface area (Å²) in [6, 6.07) is 6.71. The van der Waals surface area contributed by atoms with E-state index in [1.54, 1.807) is 46.9 Å². The lowest BCUT2D eigenvalue weighted by Crippen LogP contribution is -2.60. The van der Waals surface area contributed by atoms with Crippen LogP contribution in [0.1, 0.15) is 104 Å². The zero-order chi connectivity index (χ0) is 39.7. The first kappa shape index (κ1) is 43.7. The van der Waals surface area contributed by atoms with E-state index in [2.05, 4.69) is 50.7 Å². The Labute approximate surface area is 319 Å². The lowest BCUT2D eigenvalue weighted by atomic mass is 9.86. The van der Waals surface area contributed by atoms with Gasteiger partial charge in [0.05, 0.1) is 29.4 Å². The van der Waals surface area contributed by atoms with Gasteiger partial charge in [0.25, 0.3) is 5.91 Å². The van der Waals surface area contributed by atoms with E-state index < -0.39 is 41.6 Å². The number of carboxylic acid groups (broad SMARTS) is 1. The molecule has 53 heavy (non-hydrogen) atoms. The zero-order valence-corrected chi connectivity index (χ0v) is 34.1. The molecular weight excluding hydrogens is 695 g/mol. The standard InChI is InChI=1S/C39H63N7O6S/c1-11-26(4)31(46-20-19-44(37(46)52)22-28-24-53-35(40-28)25(2)3)33(48)41-29(21-27-15-13-12-14-16-27)30(47)23-45(18-17-38(5,6)7)43-34(49)32(39(8,9)10)42-36(50)51/h12-16,24-26,29-32,42,47H,11,17-23H2,1-10H3,(H,41,48)(H,43,49)(H,50,51)/t26-,29-,30-,31-,32+/m0/s1. The second-order valence-electron chi connectivity index (χ2n) is 16.9. The third-order valence-electron chi connectivity index (χ3n) is 9.62. The number of amides is 5. The minimum Gasteiger partial charge on any atom is -0.465 e. The predicted octanol–water partition coefficient (Wildman–Crippen LogP) is 5.46. The van der Waals surface area contributed by atoms with Crippen molar-refractivity contribution in [2.45, 2.75) is 125 Å². The number of hydrazine groups is 1. The van der Waals surface area contributed by atoms with Crippen molar-refractivity contribution in [3.8, 4) is 0 Å². The number of aliphatic hydroxyl groups is 1. The molecule has 0 spiro atoms. The van der Waals surface area contributed by atoms with Gasteiger partial charge in [0.15, 0.2) is 0 Å². The number of carbonyl (C=O) groups is 4. The van der Waals surface area contributed by atoms with Crippen LogP contribution in [-0.2, 0) is 22.6 Å². The van der Waals surface area contributed by atoms with Gasteiger partial charge in [0.1, 0.15) is 12.1 Å². The first-order chi connectivity index (χ1) is 24.7. The lowest BCUT2D eigenvalue weighted by Gasteiger charge is -2.36. The summed E-state index contributed by atoms with van der Waals surface area (Å²) >= 11 is 1.58. The molecule has 14 heteroatoms. The molecule has 1 aliphatic rings. The average Bonchev–Trinajstić information content (AvgIpc) is 3.68. The van der Waals surface area contributed by atoms with Crippen LogP contribution in [-0.4, -0.2) is 104 Å². The summed E-state index contributed by atoms with van der Waals surface area (Å²) in [4.78, 5) is 61.4. The van der Waals surface area contributed by atoms with Crippen LogP contribution < -0.4 is 16.1 Å². The molecule has 1 fully saturated rings. The van der Waals surface area contributed by atoms with E-state index in [1.165, 1.54) is 0 Å². The minimum atomic E-state index is -1.31. The van der Waals surface area contributed by atoms with Gasteiger partial charge in [0, 0.05) is 37.5 Å². The number of aromatic nitrogens is 1. The molecular formula is C39H63N7O6S. The van der Waals surface area contributed by atoms with E-state index in [1.807, 2.05) is 49.6 Å². The van der Waals surface area contributed by atoms with Gasteiger partial charge in [0.2, 0.25) is 5.91 Å². The summed E-state index contributed by atoms with van der Waals surface area (Å²) < 4.78 is 0. The van der Waals surface area contributed by atoms with Gasteiger partial charge in [-0.25, -0.2) is 19.6 Å². The van der Waals surface area contributed by atoms with Crippen molar-refractivity contribution < 1.29 is 29.4 Å². The Morgan fingerprint density at radius 1 is 1.00 bits per heavy atom. The van der Waals surface area contributed by atoms with E-state index in [9.17, 15) is 29.4 Å². The zero-order valence-electron chi connectivity index (χ0n) is 33.3. The highest BCUT2D eigenvalue weighted by atomic mass is 32.1. The number of hydrogen-bond donors (Lipinski definition) is 5. The Balaban J connectivity index is 1.87. The van der Waals surface area contributed by atoms with Crippen LogP contribution in [0, 0.1) is 16.7 Å². The van der Waals surface area contributed by atoms with Crippen LogP contribution in [0.4, 0.5) is 9.59 Å². The van der Waals surface area contributed by atoms with Crippen LogP contribution in [0.5, 0.6) is 0 Å². The minimum absolute atomic E-state index is 0.0417. The molecule has 5 amide bonds. The van der Waals surface area contributed by atoms with Gasteiger partial charge in [-0.15, -0.1) is 11.3 Å². The molecule has 0 bridgehead atoms. The summed E-state index contributed by atoms with van der Waals surface area (Å²) in [7, 11) is 0. The molecule has 0 radical (unpaired) electrons. The molecule has 1 saturated heterocycles. The van der Waals surface area contributed by atoms with Crippen molar-refractivity contribution in [2.75, 3.05) is 26.2 Å². The molecule has 0 saturated carbocycles. The molecule has 0 aliphatic carbocycles. The number of urea groups is 1. The fourth-order valence-electron chi connectivity index (χ4n) is 6.25. The van der Waals surface area contributed by atoms with E-state index >= 15 is 0 Å². The van der Waals surface area contributed by atoms with Crippen LogP contribution in [0.2, 0.25) is 0 Å². The highest BCUT2D eigenvalue weighted by Gasteiger charge is 2.41. The number of nitrogens with one attached hydrogen (secondary N) is 3. The van der Waals surface area contributed by atoms with Crippen LogP contribution in [0.3, 0.4) is 0 Å². The van der Waals surface area contributed by atoms with E-state index in [-0.39, 0.29) is 29.8 Å². The Kier molecular flexibility index (Phi) is 15.7. The molecule has 1 aromatic carbocycles. The second-order valence-corrected chi connectivity index (χ2v) is 17.8. The molecule has 5 atom stereocenters. The summed E-state index contributed by atoms with van der Waals surface area (Å²) in [6.45, 7) is 21.2. The van der Waals surface area contributed by atoms with Crippen molar-refractivity contribution in [1.29, 1.82) is 0 Å². The molecule has 296 valence electrons. The maximum absolute atomic E-state index is 14.4. The van der Waals surface area contributed by atoms with Crippen molar-refractivity contribution in [2.24, 2.45) is 16.7 Å². The summed E-state index contributed by atoms with van der Waals surface area (Å²) in [5, 5.41) is 31.4. The van der Waals surface area contributed by atoms with Gasteiger partial charge >= 0.3 is 12.1 Å². The topological polar surface area (TPSA) is 167 Å². The van der Waals surface area contributed by atoms with E-state index in [0.717, 1.165) is 16.3 Å². The Hall–Kier alpha value is -3.75. The van der Waals surface area contributed by atoms with Gasteiger partial charge < -0.3 is 30.6 Å². The second kappa shape index (κ2) is 19.0. The summed E-state index contributed by atoms with van der Waals surface area (Å²) in [5.41, 5.74) is 3.76. The van der Waals surface area contributed by atoms with Crippen molar-refractivity contribution in [1.82, 2.24) is 35.9 Å². The molecule has 2 aromatic rings. The summed E-state index contributed by atoms with van der Waals surface area (Å²) in [5.74, 6) is -0.766. The van der Waals surface area contributed by atoms with Gasteiger partial charge in [-0.05, 0) is 35.2 Å². The number of thiazole rings is 1. The highest BCUT2D eigenvalue weighted by molar-refractivity contribution is 7.09. The normalized spacial score (nSPS) is 16.7. The van der Waals surface area contributed by atoms with E-state index in [0.29, 0.717) is 51.4 Å². The largest absolute Gasteiger partial charge is 0.465 e. The van der Waals surface area contributed by atoms with E-state index in [4.69, 9.17) is 4.98 Å². The average molecular weight is 758 g/mol. The first-order valence-corrected chi connectivity index (χ1v) is 19.6. The van der Waals surface area contributed by atoms with Crippen LogP contribution in [0.15, 0.2) is 35.7 Å².